The van der Waals surface area contributed by atoms with Gasteiger partial charge in [0, 0.05) is 17.9 Å². The van der Waals surface area contributed by atoms with Crippen LogP contribution in [0.5, 0.6) is 0 Å². The Kier molecular flexibility index (Phi) is 6.25. The van der Waals surface area contributed by atoms with Crippen LogP contribution in [0.15, 0.2) is 18.2 Å². The number of amides is 2. The van der Waals surface area contributed by atoms with Crippen molar-refractivity contribution in [2.45, 2.75) is 38.5 Å². The standard InChI is InChI=1S/C17H22N2O4S/c1-4-23-17(22)13-9-24-14(16(21)19-13)8-15(20)18-12-6-5-10(2)11(3)7-12/h5-7,13-14H,4,8-9H2,1-3H3,(H,18,20)(H,19,21)/t13-,14-/m1/s1. The number of hydrogen-bond acceptors (Lipinski definition) is 5. The Labute approximate surface area is 145 Å². The van der Waals surface area contributed by atoms with Crippen molar-refractivity contribution in [2.75, 3.05) is 17.7 Å². The maximum atomic E-state index is 12.1. The van der Waals surface area contributed by atoms with E-state index >= 15 is 0 Å². The van der Waals surface area contributed by atoms with E-state index in [4.69, 9.17) is 4.74 Å². The molecule has 1 aliphatic rings. The van der Waals surface area contributed by atoms with Crippen molar-refractivity contribution in [3.8, 4) is 0 Å². The lowest BCUT2D eigenvalue weighted by Gasteiger charge is -2.27. The molecular formula is C17H22N2O4S. The van der Waals surface area contributed by atoms with Gasteiger partial charge in [0.1, 0.15) is 6.04 Å². The molecule has 1 aromatic carbocycles. The zero-order valence-electron chi connectivity index (χ0n) is 14.0. The molecule has 1 saturated heterocycles. The summed E-state index contributed by atoms with van der Waals surface area (Å²) >= 11 is 1.30. The normalized spacial score (nSPS) is 20.2. The predicted molar refractivity (Wildman–Crippen MR) is 94.0 cm³/mol. The Morgan fingerprint density at radius 1 is 1.33 bits per heavy atom. The minimum Gasteiger partial charge on any atom is -0.464 e. The van der Waals surface area contributed by atoms with Gasteiger partial charge >= 0.3 is 5.97 Å². The van der Waals surface area contributed by atoms with Gasteiger partial charge < -0.3 is 15.4 Å². The minimum atomic E-state index is -0.637. The summed E-state index contributed by atoms with van der Waals surface area (Å²) in [6.07, 6.45) is 0.0684. The van der Waals surface area contributed by atoms with Gasteiger partial charge in [0.25, 0.3) is 0 Å². The molecule has 2 rings (SSSR count). The fourth-order valence-electron chi connectivity index (χ4n) is 2.32. The topological polar surface area (TPSA) is 84.5 Å². The summed E-state index contributed by atoms with van der Waals surface area (Å²) in [7, 11) is 0. The number of benzene rings is 1. The molecule has 0 aliphatic carbocycles. The second-order valence-electron chi connectivity index (χ2n) is 5.69. The van der Waals surface area contributed by atoms with Crippen molar-refractivity contribution in [1.29, 1.82) is 0 Å². The smallest absolute Gasteiger partial charge is 0.329 e. The Bertz CT molecular complexity index is 647. The van der Waals surface area contributed by atoms with Crippen molar-refractivity contribution >= 4 is 35.2 Å². The van der Waals surface area contributed by atoms with Gasteiger partial charge in [-0.2, -0.15) is 0 Å². The molecule has 7 heteroatoms. The van der Waals surface area contributed by atoms with Gasteiger partial charge in [-0.1, -0.05) is 6.07 Å². The van der Waals surface area contributed by atoms with E-state index in [0.717, 1.165) is 11.1 Å². The lowest BCUT2D eigenvalue weighted by atomic mass is 10.1. The molecule has 1 aromatic rings. The van der Waals surface area contributed by atoms with E-state index in [1.54, 1.807) is 6.92 Å². The number of anilines is 1. The number of thioether (sulfide) groups is 1. The molecule has 2 amide bonds. The second-order valence-corrected chi connectivity index (χ2v) is 6.92. The number of ether oxygens (including phenoxy) is 1. The van der Waals surface area contributed by atoms with E-state index in [1.165, 1.54) is 11.8 Å². The van der Waals surface area contributed by atoms with Gasteiger partial charge in [0.05, 0.1) is 11.9 Å². The van der Waals surface area contributed by atoms with Crippen LogP contribution in [0.4, 0.5) is 5.69 Å². The number of nitrogens with one attached hydrogen (secondary N) is 2. The van der Waals surface area contributed by atoms with Crippen LogP contribution in [0.25, 0.3) is 0 Å². The van der Waals surface area contributed by atoms with Gasteiger partial charge in [0.2, 0.25) is 11.8 Å². The van der Waals surface area contributed by atoms with E-state index in [-0.39, 0.29) is 24.8 Å². The van der Waals surface area contributed by atoms with Crippen LogP contribution in [-0.2, 0) is 19.1 Å². The molecule has 0 unspecified atom stereocenters. The molecule has 130 valence electrons. The quantitative estimate of drug-likeness (QED) is 0.791. The highest BCUT2D eigenvalue weighted by Gasteiger charge is 2.34. The third-order valence-corrected chi connectivity index (χ3v) is 5.11. The minimum absolute atomic E-state index is 0.0684. The van der Waals surface area contributed by atoms with E-state index in [2.05, 4.69) is 10.6 Å². The summed E-state index contributed by atoms with van der Waals surface area (Å²) in [6, 6.07) is 5.04. The van der Waals surface area contributed by atoms with Crippen LogP contribution >= 0.6 is 11.8 Å². The molecule has 0 radical (unpaired) electrons. The molecule has 1 fully saturated rings. The fourth-order valence-corrected chi connectivity index (χ4v) is 3.45. The average Bonchev–Trinajstić information content (AvgIpc) is 2.53. The number of aryl methyl sites for hydroxylation is 2. The molecule has 0 aromatic heterocycles. The van der Waals surface area contributed by atoms with Gasteiger partial charge in [-0.05, 0) is 44.0 Å². The first kappa shape index (κ1) is 18.3. The predicted octanol–water partition coefficient (Wildman–Crippen LogP) is 1.80. The third-order valence-electron chi connectivity index (χ3n) is 3.81. The van der Waals surface area contributed by atoms with Crippen molar-refractivity contribution in [3.63, 3.8) is 0 Å². The molecule has 1 heterocycles. The maximum absolute atomic E-state index is 12.1. The van der Waals surface area contributed by atoms with E-state index in [0.29, 0.717) is 11.4 Å². The summed E-state index contributed by atoms with van der Waals surface area (Å²) in [4.78, 5) is 35.9. The first-order valence-electron chi connectivity index (χ1n) is 7.86. The first-order valence-corrected chi connectivity index (χ1v) is 8.91. The summed E-state index contributed by atoms with van der Waals surface area (Å²) in [6.45, 7) is 5.97. The molecule has 2 atom stereocenters. The van der Waals surface area contributed by atoms with Crippen molar-refractivity contribution in [1.82, 2.24) is 5.32 Å². The zero-order chi connectivity index (χ0) is 17.7. The molecule has 6 nitrogen and oxygen atoms in total. The second kappa shape index (κ2) is 8.19. The number of esters is 1. The van der Waals surface area contributed by atoms with Crippen molar-refractivity contribution < 1.29 is 19.1 Å². The number of carbonyl (C=O) groups is 3. The maximum Gasteiger partial charge on any atom is 0.329 e. The van der Waals surface area contributed by atoms with E-state index in [9.17, 15) is 14.4 Å². The SMILES string of the molecule is CCOC(=O)[C@H]1CS[C@H](CC(=O)Nc2ccc(C)c(C)c2)C(=O)N1. The lowest BCUT2D eigenvalue weighted by molar-refractivity contribution is -0.146. The van der Waals surface area contributed by atoms with E-state index in [1.807, 2.05) is 32.0 Å². The monoisotopic (exact) mass is 350 g/mol. The highest BCUT2D eigenvalue weighted by Crippen LogP contribution is 2.22. The molecule has 2 N–H and O–H groups in total. The van der Waals surface area contributed by atoms with Crippen molar-refractivity contribution in [3.05, 3.63) is 29.3 Å². The van der Waals surface area contributed by atoms with Gasteiger partial charge in [-0.15, -0.1) is 11.8 Å². The zero-order valence-corrected chi connectivity index (χ0v) is 14.9. The summed E-state index contributed by atoms with van der Waals surface area (Å²) < 4.78 is 4.90. The van der Waals surface area contributed by atoms with Gasteiger partial charge in [-0.25, -0.2) is 4.79 Å². The lowest BCUT2D eigenvalue weighted by Crippen LogP contribution is -2.51. The molecule has 1 aliphatic heterocycles. The van der Waals surface area contributed by atoms with Crippen LogP contribution in [0.3, 0.4) is 0 Å². The van der Waals surface area contributed by atoms with Gasteiger partial charge in [-0.3, -0.25) is 9.59 Å². The van der Waals surface area contributed by atoms with Crippen LogP contribution < -0.4 is 10.6 Å². The van der Waals surface area contributed by atoms with Gasteiger partial charge in [0.15, 0.2) is 0 Å². The summed E-state index contributed by atoms with van der Waals surface area (Å²) in [5.74, 6) is -0.553. The average molecular weight is 350 g/mol. The van der Waals surface area contributed by atoms with Crippen LogP contribution in [0.1, 0.15) is 24.5 Å². The molecule has 0 spiro atoms. The Morgan fingerprint density at radius 3 is 2.71 bits per heavy atom. The van der Waals surface area contributed by atoms with Crippen LogP contribution in [-0.4, -0.2) is 41.4 Å². The van der Waals surface area contributed by atoms with Crippen LogP contribution in [0.2, 0.25) is 0 Å². The molecule has 0 saturated carbocycles. The Balaban J connectivity index is 1.87. The summed E-state index contributed by atoms with van der Waals surface area (Å²) in [5, 5.41) is 4.93. The molecular weight excluding hydrogens is 328 g/mol. The largest absolute Gasteiger partial charge is 0.464 e. The highest BCUT2D eigenvalue weighted by atomic mass is 32.2. The molecule has 0 bridgehead atoms. The number of carbonyl (C=O) groups excluding carboxylic acids is 3. The third kappa shape index (κ3) is 4.74. The van der Waals surface area contributed by atoms with Crippen LogP contribution in [0, 0.1) is 13.8 Å². The Morgan fingerprint density at radius 2 is 2.08 bits per heavy atom. The highest BCUT2D eigenvalue weighted by molar-refractivity contribution is 8.00. The Hall–Kier alpha value is -2.02. The number of hydrogen-bond donors (Lipinski definition) is 2. The first-order chi connectivity index (χ1) is 11.4. The van der Waals surface area contributed by atoms with E-state index < -0.39 is 17.3 Å². The molecule has 24 heavy (non-hydrogen) atoms. The number of rotatable bonds is 5. The summed E-state index contributed by atoms with van der Waals surface area (Å²) in [5.41, 5.74) is 2.96. The van der Waals surface area contributed by atoms with Crippen molar-refractivity contribution in [2.24, 2.45) is 0 Å². The fraction of sp³-hybridized carbons (Fsp3) is 0.471.